The Hall–Kier alpha value is -2.31. The minimum Gasteiger partial charge on any atom is -0.457 e. The summed E-state index contributed by atoms with van der Waals surface area (Å²) in [5, 5.41) is 18.1. The molecule has 0 spiro atoms. The molecule has 1 aliphatic rings. The molecule has 0 saturated heterocycles. The standard InChI is InChI=1S/C17H15NO2/c18-11-13-1-5-15(6-2-13)20-16-7-3-14(4-8-16)17(12-19)9-10-17/h1-8,19H,9-10,12H2. The van der Waals surface area contributed by atoms with E-state index in [1.54, 1.807) is 24.3 Å². The number of nitriles is 1. The molecule has 0 bridgehead atoms. The fraction of sp³-hybridized carbons (Fsp3) is 0.235. The number of nitrogens with zero attached hydrogens (tertiary/aromatic N) is 1. The van der Waals surface area contributed by atoms with E-state index in [0.717, 1.165) is 18.6 Å². The molecule has 0 heterocycles. The van der Waals surface area contributed by atoms with Crippen molar-refractivity contribution >= 4 is 0 Å². The molecule has 1 saturated carbocycles. The minimum absolute atomic E-state index is 0.00697. The van der Waals surface area contributed by atoms with Gasteiger partial charge in [-0.15, -0.1) is 0 Å². The van der Waals surface area contributed by atoms with Gasteiger partial charge in [-0.2, -0.15) is 5.26 Å². The van der Waals surface area contributed by atoms with E-state index in [4.69, 9.17) is 10.00 Å². The molecule has 1 aliphatic carbocycles. The van der Waals surface area contributed by atoms with Gasteiger partial charge in [-0.25, -0.2) is 0 Å². The van der Waals surface area contributed by atoms with Crippen molar-refractivity contribution in [3.8, 4) is 17.6 Å². The van der Waals surface area contributed by atoms with E-state index < -0.39 is 0 Å². The maximum absolute atomic E-state index is 9.41. The van der Waals surface area contributed by atoms with Gasteiger partial charge in [0.15, 0.2) is 0 Å². The van der Waals surface area contributed by atoms with Gasteiger partial charge in [-0.3, -0.25) is 0 Å². The lowest BCUT2D eigenvalue weighted by Gasteiger charge is -2.13. The first-order chi connectivity index (χ1) is 9.75. The molecule has 0 atom stereocenters. The summed E-state index contributed by atoms with van der Waals surface area (Å²) in [5.41, 5.74) is 1.78. The number of rotatable bonds is 4. The van der Waals surface area contributed by atoms with E-state index in [9.17, 15) is 5.11 Å². The minimum atomic E-state index is -0.00697. The predicted molar refractivity (Wildman–Crippen MR) is 75.7 cm³/mol. The zero-order valence-electron chi connectivity index (χ0n) is 11.0. The molecule has 0 amide bonds. The molecule has 0 aliphatic heterocycles. The van der Waals surface area contributed by atoms with Gasteiger partial charge in [-0.1, -0.05) is 12.1 Å². The van der Waals surface area contributed by atoms with E-state index in [2.05, 4.69) is 6.07 Å². The fourth-order valence-corrected chi connectivity index (χ4v) is 2.30. The topological polar surface area (TPSA) is 53.2 Å². The van der Waals surface area contributed by atoms with Gasteiger partial charge in [0, 0.05) is 5.41 Å². The molecular formula is C17H15NO2. The summed E-state index contributed by atoms with van der Waals surface area (Å²) in [7, 11) is 0. The molecule has 1 fully saturated rings. The normalized spacial score (nSPS) is 15.4. The number of hydrogen-bond acceptors (Lipinski definition) is 3. The maximum Gasteiger partial charge on any atom is 0.127 e. The van der Waals surface area contributed by atoms with Crippen LogP contribution in [-0.2, 0) is 5.41 Å². The second-order valence-electron chi connectivity index (χ2n) is 5.20. The van der Waals surface area contributed by atoms with Crippen molar-refractivity contribution in [3.63, 3.8) is 0 Å². The monoisotopic (exact) mass is 265 g/mol. The summed E-state index contributed by atoms with van der Waals surface area (Å²) in [5.74, 6) is 1.47. The van der Waals surface area contributed by atoms with E-state index in [1.807, 2.05) is 24.3 Å². The van der Waals surface area contributed by atoms with Gasteiger partial charge in [0.2, 0.25) is 0 Å². The molecule has 3 nitrogen and oxygen atoms in total. The van der Waals surface area contributed by atoms with E-state index in [0.29, 0.717) is 11.3 Å². The van der Waals surface area contributed by atoms with E-state index in [-0.39, 0.29) is 12.0 Å². The Balaban J connectivity index is 1.73. The maximum atomic E-state index is 9.41. The van der Waals surface area contributed by atoms with Crippen molar-refractivity contribution in [1.82, 2.24) is 0 Å². The third-order valence-corrected chi connectivity index (χ3v) is 3.84. The van der Waals surface area contributed by atoms with Crippen LogP contribution < -0.4 is 4.74 Å². The summed E-state index contributed by atoms with van der Waals surface area (Å²) in [4.78, 5) is 0. The Kier molecular flexibility index (Phi) is 3.17. The van der Waals surface area contributed by atoms with Crippen LogP contribution in [0.5, 0.6) is 11.5 Å². The number of hydrogen-bond donors (Lipinski definition) is 1. The highest BCUT2D eigenvalue weighted by molar-refractivity contribution is 5.40. The van der Waals surface area contributed by atoms with Crippen LogP contribution in [0.15, 0.2) is 48.5 Å². The van der Waals surface area contributed by atoms with Crippen LogP contribution in [0.4, 0.5) is 0 Å². The molecule has 0 unspecified atom stereocenters. The molecule has 20 heavy (non-hydrogen) atoms. The Morgan fingerprint density at radius 1 is 1.00 bits per heavy atom. The molecule has 2 aromatic rings. The summed E-state index contributed by atoms with van der Waals surface area (Å²) in [6.45, 7) is 0.211. The largest absolute Gasteiger partial charge is 0.457 e. The van der Waals surface area contributed by atoms with Crippen molar-refractivity contribution in [2.45, 2.75) is 18.3 Å². The highest BCUT2D eigenvalue weighted by Gasteiger charge is 2.43. The van der Waals surface area contributed by atoms with E-state index >= 15 is 0 Å². The highest BCUT2D eigenvalue weighted by Crippen LogP contribution is 2.47. The van der Waals surface area contributed by atoms with Crippen LogP contribution in [0, 0.1) is 11.3 Å². The number of ether oxygens (including phenoxy) is 1. The van der Waals surface area contributed by atoms with Crippen molar-refractivity contribution in [2.75, 3.05) is 6.61 Å². The first-order valence-electron chi connectivity index (χ1n) is 6.65. The van der Waals surface area contributed by atoms with Gasteiger partial charge in [0.1, 0.15) is 11.5 Å². The van der Waals surface area contributed by atoms with Gasteiger partial charge < -0.3 is 9.84 Å². The Bertz CT molecular complexity index is 634. The van der Waals surface area contributed by atoms with Crippen LogP contribution >= 0.6 is 0 Å². The summed E-state index contributed by atoms with van der Waals surface area (Å²) in [6, 6.07) is 17.0. The Morgan fingerprint density at radius 2 is 1.55 bits per heavy atom. The van der Waals surface area contributed by atoms with Gasteiger partial charge in [0.25, 0.3) is 0 Å². The molecule has 0 aromatic heterocycles. The highest BCUT2D eigenvalue weighted by atomic mass is 16.5. The second-order valence-corrected chi connectivity index (χ2v) is 5.20. The average molecular weight is 265 g/mol. The zero-order chi connectivity index (χ0) is 14.0. The van der Waals surface area contributed by atoms with Crippen molar-refractivity contribution < 1.29 is 9.84 Å². The number of aliphatic hydroxyl groups excluding tert-OH is 1. The fourth-order valence-electron chi connectivity index (χ4n) is 2.30. The smallest absolute Gasteiger partial charge is 0.127 e. The Morgan fingerprint density at radius 3 is 2.00 bits per heavy atom. The summed E-state index contributed by atoms with van der Waals surface area (Å²) < 4.78 is 5.73. The lowest BCUT2D eigenvalue weighted by molar-refractivity contribution is 0.255. The van der Waals surface area contributed by atoms with Crippen molar-refractivity contribution in [3.05, 3.63) is 59.7 Å². The molecular weight excluding hydrogens is 250 g/mol. The third kappa shape index (κ3) is 2.38. The van der Waals surface area contributed by atoms with Crippen LogP contribution in [0.1, 0.15) is 24.0 Å². The van der Waals surface area contributed by atoms with Crippen LogP contribution in [0.3, 0.4) is 0 Å². The number of benzene rings is 2. The molecule has 1 N–H and O–H groups in total. The van der Waals surface area contributed by atoms with Crippen LogP contribution in [0.25, 0.3) is 0 Å². The van der Waals surface area contributed by atoms with Gasteiger partial charge >= 0.3 is 0 Å². The molecule has 100 valence electrons. The van der Waals surface area contributed by atoms with Gasteiger partial charge in [-0.05, 0) is 54.8 Å². The average Bonchev–Trinajstić information content (AvgIpc) is 3.30. The first-order valence-corrected chi connectivity index (χ1v) is 6.65. The zero-order valence-corrected chi connectivity index (χ0v) is 11.0. The summed E-state index contributed by atoms with van der Waals surface area (Å²) in [6.07, 6.45) is 2.11. The van der Waals surface area contributed by atoms with E-state index in [1.165, 1.54) is 5.56 Å². The molecule has 3 heteroatoms. The first kappa shape index (κ1) is 12.7. The quantitative estimate of drug-likeness (QED) is 0.922. The molecule has 2 aromatic carbocycles. The lowest BCUT2D eigenvalue weighted by atomic mass is 9.97. The second kappa shape index (κ2) is 4.99. The van der Waals surface area contributed by atoms with Crippen LogP contribution in [0.2, 0.25) is 0 Å². The number of aliphatic hydroxyl groups is 1. The van der Waals surface area contributed by atoms with Crippen molar-refractivity contribution in [2.24, 2.45) is 0 Å². The lowest BCUT2D eigenvalue weighted by Crippen LogP contribution is -2.11. The Labute approximate surface area is 118 Å². The SMILES string of the molecule is N#Cc1ccc(Oc2ccc(C3(CO)CC3)cc2)cc1. The molecule has 0 radical (unpaired) electrons. The predicted octanol–water partition coefficient (Wildman–Crippen LogP) is 3.37. The summed E-state index contributed by atoms with van der Waals surface area (Å²) >= 11 is 0. The van der Waals surface area contributed by atoms with Gasteiger partial charge in [0.05, 0.1) is 18.2 Å². The van der Waals surface area contributed by atoms with Crippen molar-refractivity contribution in [1.29, 1.82) is 5.26 Å². The third-order valence-electron chi connectivity index (χ3n) is 3.84. The molecule has 3 rings (SSSR count). The van der Waals surface area contributed by atoms with Crippen LogP contribution in [-0.4, -0.2) is 11.7 Å².